The first-order valence-corrected chi connectivity index (χ1v) is 6.23. The zero-order valence-electron chi connectivity index (χ0n) is 10.8. The minimum atomic E-state index is -1.10. The van der Waals surface area contributed by atoms with E-state index in [1.807, 2.05) is 12.1 Å². The number of para-hydroxylation sites is 2. The predicted octanol–water partition coefficient (Wildman–Crippen LogP) is 2.51. The summed E-state index contributed by atoms with van der Waals surface area (Å²) in [5.74, 6) is -1.56. The van der Waals surface area contributed by atoms with E-state index in [4.69, 9.17) is 5.11 Å². The highest BCUT2D eigenvalue weighted by Crippen LogP contribution is 2.19. The molecular formula is C15H11N3O3. The van der Waals surface area contributed by atoms with Crippen LogP contribution in [0.25, 0.3) is 10.9 Å². The maximum Gasteiger partial charge on any atom is 0.337 e. The molecule has 0 atom stereocenters. The van der Waals surface area contributed by atoms with Gasteiger partial charge in [-0.25, -0.2) is 4.79 Å². The molecule has 0 fully saturated rings. The Labute approximate surface area is 119 Å². The number of nitrogens with zero attached hydrogens (tertiary/aromatic N) is 1. The van der Waals surface area contributed by atoms with E-state index in [0.717, 1.165) is 5.52 Å². The molecule has 0 saturated heterocycles. The minimum Gasteiger partial charge on any atom is -0.478 e. The second-order valence-corrected chi connectivity index (χ2v) is 4.42. The number of aromatic amines is 1. The molecule has 3 N–H and O–H groups in total. The van der Waals surface area contributed by atoms with Crippen LogP contribution in [-0.2, 0) is 0 Å². The van der Waals surface area contributed by atoms with Crippen molar-refractivity contribution < 1.29 is 14.7 Å². The summed E-state index contributed by atoms with van der Waals surface area (Å²) in [5, 5.41) is 19.1. The number of hydrogen-bond donors (Lipinski definition) is 3. The second-order valence-electron chi connectivity index (χ2n) is 4.42. The van der Waals surface area contributed by atoms with Gasteiger partial charge >= 0.3 is 5.97 Å². The normalized spacial score (nSPS) is 10.5. The van der Waals surface area contributed by atoms with E-state index in [9.17, 15) is 9.59 Å². The number of amides is 1. The molecule has 0 aliphatic heterocycles. The second kappa shape index (κ2) is 5.09. The van der Waals surface area contributed by atoms with Crippen molar-refractivity contribution in [3.63, 3.8) is 0 Å². The molecule has 3 aromatic rings. The van der Waals surface area contributed by atoms with Crippen LogP contribution in [-0.4, -0.2) is 27.2 Å². The molecule has 6 nitrogen and oxygen atoms in total. The predicted molar refractivity (Wildman–Crippen MR) is 77.4 cm³/mol. The third-order valence-corrected chi connectivity index (χ3v) is 3.09. The van der Waals surface area contributed by atoms with Crippen LogP contribution in [0, 0.1) is 0 Å². The number of benzene rings is 2. The fraction of sp³-hybridized carbons (Fsp3) is 0. The van der Waals surface area contributed by atoms with Crippen molar-refractivity contribution in [3.8, 4) is 0 Å². The lowest BCUT2D eigenvalue weighted by Crippen LogP contribution is -2.15. The summed E-state index contributed by atoms with van der Waals surface area (Å²) in [6, 6.07) is 13.5. The molecule has 0 spiro atoms. The fourth-order valence-electron chi connectivity index (χ4n) is 2.10. The third kappa shape index (κ3) is 2.34. The van der Waals surface area contributed by atoms with E-state index in [1.165, 1.54) is 12.1 Å². The summed E-state index contributed by atoms with van der Waals surface area (Å²) in [7, 11) is 0. The molecule has 21 heavy (non-hydrogen) atoms. The molecular weight excluding hydrogens is 270 g/mol. The Morgan fingerprint density at radius 3 is 2.57 bits per heavy atom. The van der Waals surface area contributed by atoms with Crippen LogP contribution in [0.5, 0.6) is 0 Å². The van der Waals surface area contributed by atoms with Crippen LogP contribution < -0.4 is 5.32 Å². The van der Waals surface area contributed by atoms with Crippen LogP contribution in [0.3, 0.4) is 0 Å². The van der Waals surface area contributed by atoms with Crippen LogP contribution in [0.2, 0.25) is 0 Å². The molecule has 0 aliphatic rings. The first-order chi connectivity index (χ1) is 10.2. The van der Waals surface area contributed by atoms with Gasteiger partial charge in [0.05, 0.1) is 16.8 Å². The van der Waals surface area contributed by atoms with Gasteiger partial charge in [-0.2, -0.15) is 5.10 Å². The van der Waals surface area contributed by atoms with Gasteiger partial charge in [0.15, 0.2) is 5.69 Å². The maximum atomic E-state index is 12.3. The molecule has 0 radical (unpaired) electrons. The minimum absolute atomic E-state index is 0.0330. The Kier molecular flexibility index (Phi) is 3.12. The van der Waals surface area contributed by atoms with E-state index < -0.39 is 11.9 Å². The van der Waals surface area contributed by atoms with E-state index in [2.05, 4.69) is 15.5 Å². The molecule has 2 aromatic carbocycles. The maximum absolute atomic E-state index is 12.3. The molecule has 1 aromatic heterocycles. The number of H-pyrrole nitrogens is 1. The standard InChI is InChI=1S/C15H11N3O3/c19-14(13-9-5-1-4-8-12(9)17-18-13)16-11-7-3-2-6-10(11)15(20)21/h1-8H,(H,16,19)(H,17,18)(H,20,21). The quantitative estimate of drug-likeness (QED) is 0.687. The Morgan fingerprint density at radius 1 is 1.05 bits per heavy atom. The van der Waals surface area contributed by atoms with Gasteiger partial charge < -0.3 is 10.4 Å². The molecule has 6 heteroatoms. The number of hydrogen-bond acceptors (Lipinski definition) is 3. The zero-order chi connectivity index (χ0) is 14.8. The van der Waals surface area contributed by atoms with Gasteiger partial charge in [-0.1, -0.05) is 30.3 Å². The number of nitrogens with one attached hydrogen (secondary N) is 2. The SMILES string of the molecule is O=C(O)c1ccccc1NC(=O)c1n[nH]c2ccccc12. The summed E-state index contributed by atoms with van der Waals surface area (Å²) >= 11 is 0. The Hall–Kier alpha value is -3.15. The Balaban J connectivity index is 1.96. The molecule has 1 amide bonds. The van der Waals surface area contributed by atoms with Crippen molar-refractivity contribution in [3.05, 3.63) is 59.8 Å². The van der Waals surface area contributed by atoms with Gasteiger partial charge in [0.25, 0.3) is 5.91 Å². The lowest BCUT2D eigenvalue weighted by molar-refractivity contribution is 0.0698. The largest absolute Gasteiger partial charge is 0.478 e. The van der Waals surface area contributed by atoms with E-state index in [0.29, 0.717) is 5.39 Å². The van der Waals surface area contributed by atoms with Crippen LogP contribution in [0.1, 0.15) is 20.8 Å². The Morgan fingerprint density at radius 2 is 1.76 bits per heavy atom. The van der Waals surface area contributed by atoms with Crippen molar-refractivity contribution in [1.82, 2.24) is 10.2 Å². The average molecular weight is 281 g/mol. The molecule has 0 unspecified atom stereocenters. The van der Waals surface area contributed by atoms with Crippen molar-refractivity contribution in [2.45, 2.75) is 0 Å². The number of carboxylic acid groups (broad SMARTS) is 1. The van der Waals surface area contributed by atoms with Gasteiger partial charge in [-0.05, 0) is 18.2 Å². The number of carboxylic acids is 1. The summed E-state index contributed by atoms with van der Waals surface area (Å²) in [5.41, 5.74) is 1.24. The van der Waals surface area contributed by atoms with Gasteiger partial charge in [-0.15, -0.1) is 0 Å². The third-order valence-electron chi connectivity index (χ3n) is 3.09. The van der Waals surface area contributed by atoms with Crippen LogP contribution in [0.15, 0.2) is 48.5 Å². The molecule has 1 heterocycles. The van der Waals surface area contributed by atoms with Crippen LogP contribution >= 0.6 is 0 Å². The number of rotatable bonds is 3. The van der Waals surface area contributed by atoms with Gasteiger partial charge in [-0.3, -0.25) is 9.89 Å². The topological polar surface area (TPSA) is 95.1 Å². The van der Waals surface area contributed by atoms with E-state index in [-0.39, 0.29) is 16.9 Å². The van der Waals surface area contributed by atoms with Gasteiger partial charge in [0, 0.05) is 5.39 Å². The highest BCUT2D eigenvalue weighted by atomic mass is 16.4. The number of aromatic carboxylic acids is 1. The summed E-state index contributed by atoms with van der Waals surface area (Å²) in [4.78, 5) is 23.4. The number of anilines is 1. The lowest BCUT2D eigenvalue weighted by Gasteiger charge is -2.06. The highest BCUT2D eigenvalue weighted by Gasteiger charge is 2.17. The van der Waals surface area contributed by atoms with E-state index >= 15 is 0 Å². The van der Waals surface area contributed by atoms with Crippen molar-refractivity contribution in [2.75, 3.05) is 5.32 Å². The molecule has 0 aliphatic carbocycles. The number of carbonyl (C=O) groups excluding carboxylic acids is 1. The Bertz CT molecular complexity index is 839. The van der Waals surface area contributed by atoms with Crippen molar-refractivity contribution in [1.29, 1.82) is 0 Å². The van der Waals surface area contributed by atoms with Crippen molar-refractivity contribution >= 4 is 28.5 Å². The number of aromatic nitrogens is 2. The first kappa shape index (κ1) is 12.9. The molecule has 104 valence electrons. The van der Waals surface area contributed by atoms with E-state index in [1.54, 1.807) is 24.3 Å². The summed E-state index contributed by atoms with van der Waals surface area (Å²) < 4.78 is 0. The highest BCUT2D eigenvalue weighted by molar-refractivity contribution is 6.12. The summed E-state index contributed by atoms with van der Waals surface area (Å²) in [6.07, 6.45) is 0. The molecule has 3 rings (SSSR count). The van der Waals surface area contributed by atoms with Crippen molar-refractivity contribution in [2.24, 2.45) is 0 Å². The zero-order valence-corrected chi connectivity index (χ0v) is 10.8. The average Bonchev–Trinajstić information content (AvgIpc) is 2.91. The first-order valence-electron chi connectivity index (χ1n) is 6.23. The number of carbonyl (C=O) groups is 2. The smallest absolute Gasteiger partial charge is 0.337 e. The van der Waals surface area contributed by atoms with Crippen LogP contribution in [0.4, 0.5) is 5.69 Å². The monoisotopic (exact) mass is 281 g/mol. The lowest BCUT2D eigenvalue weighted by atomic mass is 10.1. The fourth-order valence-corrected chi connectivity index (χ4v) is 2.10. The summed E-state index contributed by atoms with van der Waals surface area (Å²) in [6.45, 7) is 0. The molecule has 0 bridgehead atoms. The number of fused-ring (bicyclic) bond motifs is 1. The van der Waals surface area contributed by atoms with Gasteiger partial charge in [0.1, 0.15) is 0 Å². The molecule has 0 saturated carbocycles. The van der Waals surface area contributed by atoms with Gasteiger partial charge in [0.2, 0.25) is 0 Å².